The average Bonchev–Trinajstić information content (AvgIpc) is 2.97. The number of aromatic nitrogens is 1. The molecule has 1 aromatic heterocycles. The molecule has 0 radical (unpaired) electrons. The van der Waals surface area contributed by atoms with Gasteiger partial charge in [-0.1, -0.05) is 24.3 Å². The summed E-state index contributed by atoms with van der Waals surface area (Å²) in [6.45, 7) is 4.27. The first-order chi connectivity index (χ1) is 8.74. The summed E-state index contributed by atoms with van der Waals surface area (Å²) in [7, 11) is 0. The van der Waals surface area contributed by atoms with Gasteiger partial charge in [-0.15, -0.1) is 11.3 Å². The van der Waals surface area contributed by atoms with Crippen LogP contribution in [0.3, 0.4) is 0 Å². The fourth-order valence-corrected chi connectivity index (χ4v) is 3.40. The van der Waals surface area contributed by atoms with E-state index in [-0.39, 0.29) is 0 Å². The summed E-state index contributed by atoms with van der Waals surface area (Å²) in [6.07, 6.45) is 2.39. The summed E-state index contributed by atoms with van der Waals surface area (Å²) in [6, 6.07) is 9.57. The number of nitrogens with one attached hydrogen (secondary N) is 1. The van der Waals surface area contributed by atoms with Crippen molar-refractivity contribution >= 4 is 11.3 Å². The van der Waals surface area contributed by atoms with E-state index in [1.165, 1.54) is 29.7 Å². The molecule has 3 heteroatoms. The molecule has 3 rings (SSSR count). The van der Waals surface area contributed by atoms with Crippen LogP contribution in [-0.2, 0) is 6.42 Å². The molecule has 1 aromatic carbocycles. The number of hydrogen-bond donors (Lipinski definition) is 1. The van der Waals surface area contributed by atoms with Crippen LogP contribution in [0.15, 0.2) is 29.6 Å². The van der Waals surface area contributed by atoms with Gasteiger partial charge in [0.2, 0.25) is 0 Å². The molecule has 94 valence electrons. The van der Waals surface area contributed by atoms with Crippen molar-refractivity contribution in [3.05, 3.63) is 51.5 Å². The van der Waals surface area contributed by atoms with E-state index in [1.54, 1.807) is 11.3 Å². The van der Waals surface area contributed by atoms with Crippen LogP contribution in [0.25, 0.3) is 0 Å². The summed E-state index contributed by atoms with van der Waals surface area (Å²) in [5.41, 5.74) is 4.13. The molecular formula is C15H18N2S. The molecule has 0 bridgehead atoms. The van der Waals surface area contributed by atoms with Crippen LogP contribution in [-0.4, -0.2) is 4.98 Å². The first kappa shape index (κ1) is 11.9. The van der Waals surface area contributed by atoms with E-state index in [0.29, 0.717) is 12.1 Å². The lowest BCUT2D eigenvalue weighted by Gasteiger charge is -2.19. The lowest BCUT2D eigenvalue weighted by atomic mass is 10.1. The van der Waals surface area contributed by atoms with E-state index in [1.807, 2.05) is 0 Å². The van der Waals surface area contributed by atoms with Gasteiger partial charge in [0.1, 0.15) is 0 Å². The third kappa shape index (κ3) is 2.20. The predicted octanol–water partition coefficient (Wildman–Crippen LogP) is 3.79. The SMILES string of the molecule is Cc1nc(C(C)NC2CCc3ccccc32)cs1. The first-order valence-electron chi connectivity index (χ1n) is 6.50. The average molecular weight is 258 g/mol. The van der Waals surface area contributed by atoms with Crippen molar-refractivity contribution in [1.82, 2.24) is 10.3 Å². The van der Waals surface area contributed by atoms with Crippen molar-refractivity contribution < 1.29 is 0 Å². The van der Waals surface area contributed by atoms with Crippen LogP contribution >= 0.6 is 11.3 Å². The molecule has 0 spiro atoms. The van der Waals surface area contributed by atoms with Crippen molar-refractivity contribution in [3.63, 3.8) is 0 Å². The maximum absolute atomic E-state index is 4.56. The number of benzene rings is 1. The second-order valence-electron chi connectivity index (χ2n) is 4.97. The van der Waals surface area contributed by atoms with Gasteiger partial charge in [0.25, 0.3) is 0 Å². The van der Waals surface area contributed by atoms with Crippen molar-refractivity contribution in [2.75, 3.05) is 0 Å². The zero-order chi connectivity index (χ0) is 12.5. The van der Waals surface area contributed by atoms with Gasteiger partial charge in [-0.3, -0.25) is 0 Å². The minimum atomic E-state index is 0.325. The van der Waals surface area contributed by atoms with Crippen LogP contribution in [0.4, 0.5) is 0 Å². The molecule has 2 unspecified atom stereocenters. The Morgan fingerprint density at radius 1 is 1.39 bits per heavy atom. The minimum absolute atomic E-state index is 0.325. The van der Waals surface area contributed by atoms with Crippen LogP contribution in [0.1, 0.15) is 47.3 Å². The van der Waals surface area contributed by atoms with Gasteiger partial charge < -0.3 is 5.32 Å². The Balaban J connectivity index is 1.75. The molecule has 1 aliphatic rings. The second-order valence-corrected chi connectivity index (χ2v) is 6.03. The molecule has 0 amide bonds. The van der Waals surface area contributed by atoms with Crippen molar-refractivity contribution in [2.45, 2.75) is 38.8 Å². The quantitative estimate of drug-likeness (QED) is 0.906. The Kier molecular flexibility index (Phi) is 3.18. The summed E-state index contributed by atoms with van der Waals surface area (Å²) in [5.74, 6) is 0. The Labute approximate surface area is 112 Å². The van der Waals surface area contributed by atoms with Crippen molar-refractivity contribution in [2.24, 2.45) is 0 Å². The monoisotopic (exact) mass is 258 g/mol. The highest BCUT2D eigenvalue weighted by Gasteiger charge is 2.23. The van der Waals surface area contributed by atoms with Crippen LogP contribution < -0.4 is 5.32 Å². The lowest BCUT2D eigenvalue weighted by molar-refractivity contribution is 0.459. The van der Waals surface area contributed by atoms with E-state index >= 15 is 0 Å². The summed E-state index contributed by atoms with van der Waals surface area (Å²) in [5, 5.41) is 7.01. The molecule has 18 heavy (non-hydrogen) atoms. The largest absolute Gasteiger partial charge is 0.302 e. The van der Waals surface area contributed by atoms with Gasteiger partial charge in [0.05, 0.1) is 10.7 Å². The molecule has 2 atom stereocenters. The molecule has 1 N–H and O–H groups in total. The smallest absolute Gasteiger partial charge is 0.0898 e. The Bertz CT molecular complexity index is 547. The van der Waals surface area contributed by atoms with E-state index < -0.39 is 0 Å². The number of aryl methyl sites for hydroxylation is 2. The molecule has 1 heterocycles. The highest BCUT2D eigenvalue weighted by molar-refractivity contribution is 7.09. The molecule has 1 aliphatic carbocycles. The van der Waals surface area contributed by atoms with Gasteiger partial charge in [-0.2, -0.15) is 0 Å². The highest BCUT2D eigenvalue weighted by Crippen LogP contribution is 2.32. The standard InChI is InChI=1S/C15H18N2S/c1-10(15-9-18-11(2)17-15)16-14-8-7-12-5-3-4-6-13(12)14/h3-6,9-10,14,16H,7-8H2,1-2H3. The zero-order valence-corrected chi connectivity index (χ0v) is 11.6. The molecule has 0 aliphatic heterocycles. The van der Waals surface area contributed by atoms with Gasteiger partial charge in [-0.25, -0.2) is 4.98 Å². The number of rotatable bonds is 3. The molecule has 2 nitrogen and oxygen atoms in total. The van der Waals surface area contributed by atoms with Crippen LogP contribution in [0.2, 0.25) is 0 Å². The Morgan fingerprint density at radius 2 is 2.22 bits per heavy atom. The van der Waals surface area contributed by atoms with Crippen LogP contribution in [0.5, 0.6) is 0 Å². The molecule has 2 aromatic rings. The van der Waals surface area contributed by atoms with Crippen molar-refractivity contribution in [1.29, 1.82) is 0 Å². The third-order valence-corrected chi connectivity index (χ3v) is 4.46. The number of nitrogens with zero attached hydrogens (tertiary/aromatic N) is 1. The molecule has 0 saturated carbocycles. The van der Waals surface area contributed by atoms with E-state index in [9.17, 15) is 0 Å². The predicted molar refractivity (Wildman–Crippen MR) is 75.9 cm³/mol. The Morgan fingerprint density at radius 3 is 3.00 bits per heavy atom. The highest BCUT2D eigenvalue weighted by atomic mass is 32.1. The first-order valence-corrected chi connectivity index (χ1v) is 7.38. The maximum atomic E-state index is 4.56. The molecule has 0 fully saturated rings. The number of thiazole rings is 1. The normalized spacial score (nSPS) is 19.8. The summed E-state index contributed by atoms with van der Waals surface area (Å²) >= 11 is 1.73. The van der Waals surface area contributed by atoms with E-state index in [4.69, 9.17) is 0 Å². The van der Waals surface area contributed by atoms with Crippen LogP contribution in [0, 0.1) is 6.92 Å². The third-order valence-electron chi connectivity index (χ3n) is 3.66. The number of fused-ring (bicyclic) bond motifs is 1. The zero-order valence-electron chi connectivity index (χ0n) is 10.8. The van der Waals surface area contributed by atoms with Gasteiger partial charge in [0.15, 0.2) is 0 Å². The number of hydrogen-bond acceptors (Lipinski definition) is 3. The van der Waals surface area contributed by atoms with Gasteiger partial charge in [0, 0.05) is 17.5 Å². The fraction of sp³-hybridized carbons (Fsp3) is 0.400. The summed E-state index contributed by atoms with van der Waals surface area (Å²) in [4.78, 5) is 4.56. The molecule has 0 saturated heterocycles. The molecular weight excluding hydrogens is 240 g/mol. The van der Waals surface area contributed by atoms with Crippen molar-refractivity contribution in [3.8, 4) is 0 Å². The van der Waals surface area contributed by atoms with E-state index in [2.05, 4.69) is 53.8 Å². The van der Waals surface area contributed by atoms with Gasteiger partial charge in [-0.05, 0) is 37.8 Å². The minimum Gasteiger partial charge on any atom is -0.302 e. The topological polar surface area (TPSA) is 24.9 Å². The fourth-order valence-electron chi connectivity index (χ4n) is 2.70. The Hall–Kier alpha value is -1.19. The second kappa shape index (κ2) is 4.82. The van der Waals surface area contributed by atoms with Gasteiger partial charge >= 0.3 is 0 Å². The lowest BCUT2D eigenvalue weighted by Crippen LogP contribution is -2.23. The summed E-state index contributed by atoms with van der Waals surface area (Å²) < 4.78 is 0. The maximum Gasteiger partial charge on any atom is 0.0898 e. The van der Waals surface area contributed by atoms with E-state index in [0.717, 1.165) is 5.01 Å².